The van der Waals surface area contributed by atoms with E-state index in [0.29, 0.717) is 0 Å². The van der Waals surface area contributed by atoms with Crippen molar-refractivity contribution in [2.24, 2.45) is 0 Å². The van der Waals surface area contributed by atoms with Crippen LogP contribution >= 0.6 is 11.8 Å². The van der Waals surface area contributed by atoms with E-state index in [0.717, 1.165) is 16.2 Å². The second-order valence-corrected chi connectivity index (χ2v) is 6.44. The summed E-state index contributed by atoms with van der Waals surface area (Å²) in [5, 5.41) is 3.19. The van der Waals surface area contributed by atoms with Crippen LogP contribution in [0, 0.1) is 19.7 Å². The second-order valence-electron chi connectivity index (χ2n) is 5.45. The Labute approximate surface area is 131 Å². The molecule has 1 atom stereocenters. The highest BCUT2D eigenvalue weighted by molar-refractivity contribution is 7.98. The van der Waals surface area contributed by atoms with Crippen molar-refractivity contribution < 1.29 is 4.39 Å². The largest absolute Gasteiger partial charge is 0.313 e. The van der Waals surface area contributed by atoms with E-state index in [2.05, 4.69) is 44.3 Å². The molecule has 2 aromatic carbocycles. The van der Waals surface area contributed by atoms with Crippen LogP contribution in [0.2, 0.25) is 0 Å². The Morgan fingerprint density at radius 1 is 1.14 bits per heavy atom. The molecule has 0 aliphatic rings. The highest BCUT2D eigenvalue weighted by Gasteiger charge is 2.13. The first-order chi connectivity index (χ1) is 10.0. The molecule has 0 heterocycles. The summed E-state index contributed by atoms with van der Waals surface area (Å²) in [6.07, 6.45) is 0. The van der Waals surface area contributed by atoms with E-state index in [9.17, 15) is 4.39 Å². The summed E-state index contributed by atoms with van der Waals surface area (Å²) in [6, 6.07) is 11.9. The minimum absolute atomic E-state index is 0.135. The zero-order valence-corrected chi connectivity index (χ0v) is 13.9. The molecule has 0 amide bonds. The fourth-order valence-corrected chi connectivity index (χ4v) is 3.58. The maximum absolute atomic E-state index is 14.2. The zero-order valence-electron chi connectivity index (χ0n) is 13.0. The molecule has 2 aromatic rings. The Hall–Kier alpha value is -1.32. The molecule has 0 aromatic heterocycles. The van der Waals surface area contributed by atoms with E-state index in [1.54, 1.807) is 17.8 Å². The van der Waals surface area contributed by atoms with Crippen LogP contribution < -0.4 is 5.32 Å². The summed E-state index contributed by atoms with van der Waals surface area (Å²) in [6.45, 7) is 6.24. The first kappa shape index (κ1) is 16.1. The lowest BCUT2D eigenvalue weighted by Gasteiger charge is -2.16. The topological polar surface area (TPSA) is 12.0 Å². The van der Waals surface area contributed by atoms with E-state index >= 15 is 0 Å². The first-order valence-corrected chi connectivity index (χ1v) is 8.15. The highest BCUT2D eigenvalue weighted by atomic mass is 32.2. The van der Waals surface area contributed by atoms with E-state index in [4.69, 9.17) is 0 Å². The summed E-state index contributed by atoms with van der Waals surface area (Å²) >= 11 is 1.57. The van der Waals surface area contributed by atoms with Gasteiger partial charge in [-0.25, -0.2) is 4.39 Å². The third-order valence-electron chi connectivity index (χ3n) is 3.56. The molecule has 0 bridgehead atoms. The van der Waals surface area contributed by atoms with Gasteiger partial charge < -0.3 is 5.32 Å². The van der Waals surface area contributed by atoms with Crippen LogP contribution in [-0.4, -0.2) is 7.05 Å². The van der Waals surface area contributed by atoms with Gasteiger partial charge in [0.25, 0.3) is 0 Å². The molecule has 0 fully saturated rings. The highest BCUT2D eigenvalue weighted by Crippen LogP contribution is 2.32. The van der Waals surface area contributed by atoms with Gasteiger partial charge in [-0.2, -0.15) is 0 Å². The monoisotopic (exact) mass is 303 g/mol. The fraction of sp³-hybridized carbons (Fsp3) is 0.333. The maximum atomic E-state index is 14.2. The van der Waals surface area contributed by atoms with E-state index in [-0.39, 0.29) is 11.9 Å². The van der Waals surface area contributed by atoms with E-state index in [1.165, 1.54) is 22.8 Å². The van der Waals surface area contributed by atoms with Gasteiger partial charge in [-0.05, 0) is 45.0 Å². The molecule has 112 valence electrons. The second kappa shape index (κ2) is 7.10. The van der Waals surface area contributed by atoms with Gasteiger partial charge in [0.1, 0.15) is 5.82 Å². The van der Waals surface area contributed by atoms with Gasteiger partial charge in [0.05, 0.1) is 0 Å². The quantitative estimate of drug-likeness (QED) is 0.779. The van der Waals surface area contributed by atoms with Gasteiger partial charge >= 0.3 is 0 Å². The van der Waals surface area contributed by atoms with Crippen molar-refractivity contribution in [3.63, 3.8) is 0 Å². The van der Waals surface area contributed by atoms with E-state index in [1.807, 2.05) is 13.1 Å². The van der Waals surface area contributed by atoms with Gasteiger partial charge in [-0.3, -0.25) is 0 Å². The lowest BCUT2D eigenvalue weighted by atomic mass is 10.1. The Balaban J connectivity index is 2.23. The lowest BCUT2D eigenvalue weighted by molar-refractivity contribution is 0.576. The first-order valence-electron chi connectivity index (χ1n) is 7.17. The molecule has 1 nitrogen and oxygen atoms in total. The Morgan fingerprint density at radius 2 is 1.81 bits per heavy atom. The molecule has 0 aliphatic carbocycles. The van der Waals surface area contributed by atoms with Gasteiger partial charge in [0.2, 0.25) is 0 Å². The van der Waals surface area contributed by atoms with Crippen LogP contribution in [-0.2, 0) is 5.75 Å². The lowest BCUT2D eigenvalue weighted by Crippen LogP contribution is -2.13. The van der Waals surface area contributed by atoms with Gasteiger partial charge in [0.15, 0.2) is 0 Å². The van der Waals surface area contributed by atoms with Crippen molar-refractivity contribution in [2.75, 3.05) is 7.05 Å². The van der Waals surface area contributed by atoms with Crippen LogP contribution in [0.25, 0.3) is 0 Å². The number of rotatable bonds is 5. The molecule has 1 unspecified atom stereocenters. The predicted molar refractivity (Wildman–Crippen MR) is 89.4 cm³/mol. The minimum atomic E-state index is -0.135. The molecule has 0 spiro atoms. The van der Waals surface area contributed by atoms with Gasteiger partial charge in [0, 0.05) is 16.7 Å². The average Bonchev–Trinajstić information content (AvgIpc) is 2.44. The van der Waals surface area contributed by atoms with Crippen molar-refractivity contribution >= 4 is 11.8 Å². The molecular weight excluding hydrogens is 281 g/mol. The molecule has 21 heavy (non-hydrogen) atoms. The summed E-state index contributed by atoms with van der Waals surface area (Å²) in [7, 11) is 1.90. The standard InChI is InChI=1S/C18H22FNS/c1-12-8-13(2)10-15(9-12)11-21-18-16(14(3)20-4)6-5-7-17(18)19/h5-10,14,20H,11H2,1-4H3. The molecule has 2 rings (SSSR count). The molecule has 0 saturated carbocycles. The van der Waals surface area contributed by atoms with Gasteiger partial charge in [-0.1, -0.05) is 41.5 Å². The van der Waals surface area contributed by atoms with Crippen LogP contribution in [0.5, 0.6) is 0 Å². The third-order valence-corrected chi connectivity index (χ3v) is 4.76. The van der Waals surface area contributed by atoms with Crippen molar-refractivity contribution in [3.8, 4) is 0 Å². The number of benzene rings is 2. The minimum Gasteiger partial charge on any atom is -0.313 e. The Bertz CT molecular complexity index is 604. The smallest absolute Gasteiger partial charge is 0.137 e. The predicted octanol–water partition coefficient (Wildman–Crippen LogP) is 5.02. The Morgan fingerprint density at radius 3 is 2.43 bits per heavy atom. The summed E-state index contributed by atoms with van der Waals surface area (Å²) in [5.41, 5.74) is 4.77. The number of nitrogens with one attached hydrogen (secondary N) is 1. The average molecular weight is 303 g/mol. The summed E-state index contributed by atoms with van der Waals surface area (Å²) in [4.78, 5) is 0.749. The number of hydrogen-bond acceptors (Lipinski definition) is 2. The molecule has 0 saturated heterocycles. The number of thioether (sulfide) groups is 1. The maximum Gasteiger partial charge on any atom is 0.137 e. The van der Waals surface area contributed by atoms with Crippen LogP contribution in [0.15, 0.2) is 41.3 Å². The molecule has 0 aliphatic heterocycles. The molecule has 0 radical (unpaired) electrons. The molecule has 1 N–H and O–H groups in total. The van der Waals surface area contributed by atoms with Crippen LogP contribution in [0.1, 0.15) is 35.2 Å². The van der Waals surface area contributed by atoms with Crippen LogP contribution in [0.4, 0.5) is 4.39 Å². The summed E-state index contributed by atoms with van der Waals surface area (Å²) < 4.78 is 14.2. The van der Waals surface area contributed by atoms with Crippen molar-refractivity contribution in [3.05, 3.63) is 64.5 Å². The third kappa shape index (κ3) is 4.08. The number of aryl methyl sites for hydroxylation is 2. The zero-order chi connectivity index (χ0) is 15.4. The number of halogens is 1. The fourth-order valence-electron chi connectivity index (χ4n) is 2.48. The molecule has 3 heteroatoms. The van der Waals surface area contributed by atoms with E-state index < -0.39 is 0 Å². The normalized spacial score (nSPS) is 12.4. The molecular formula is C18H22FNS. The van der Waals surface area contributed by atoms with Crippen LogP contribution in [0.3, 0.4) is 0 Å². The number of hydrogen-bond donors (Lipinski definition) is 1. The van der Waals surface area contributed by atoms with Crippen molar-refractivity contribution in [1.82, 2.24) is 5.32 Å². The summed E-state index contributed by atoms with van der Waals surface area (Å²) in [5.74, 6) is 0.649. The Kier molecular flexibility index (Phi) is 5.43. The van der Waals surface area contributed by atoms with Gasteiger partial charge in [-0.15, -0.1) is 11.8 Å². The SMILES string of the molecule is CNC(C)c1cccc(F)c1SCc1cc(C)cc(C)c1. The van der Waals surface area contributed by atoms with Crippen molar-refractivity contribution in [1.29, 1.82) is 0 Å². The van der Waals surface area contributed by atoms with Crippen molar-refractivity contribution in [2.45, 2.75) is 37.5 Å².